The van der Waals surface area contributed by atoms with E-state index in [1.807, 2.05) is 22.9 Å². The molecule has 1 aliphatic heterocycles. The number of rotatable bonds is 5. The van der Waals surface area contributed by atoms with Crippen molar-refractivity contribution in [2.24, 2.45) is 0 Å². The Morgan fingerprint density at radius 2 is 2.26 bits per heavy atom. The molecular formula is C16H21N5OS. The lowest BCUT2D eigenvalue weighted by atomic mass is 10.1. The number of hydrogen-bond acceptors (Lipinski definition) is 4. The van der Waals surface area contributed by atoms with Gasteiger partial charge in [-0.2, -0.15) is 5.10 Å². The SMILES string of the molecule is C[C@@H](CNC(=O)N[C@@H]1CCc2ncnn2C1)Sc1ccccc1. The molecule has 0 unspecified atom stereocenters. The molecule has 0 saturated carbocycles. The highest BCUT2D eigenvalue weighted by molar-refractivity contribution is 8.00. The molecule has 6 nitrogen and oxygen atoms in total. The van der Waals surface area contributed by atoms with Gasteiger partial charge in [0.05, 0.1) is 12.6 Å². The molecule has 0 saturated heterocycles. The molecule has 0 bridgehead atoms. The first kappa shape index (κ1) is 15.9. The number of aryl methyl sites for hydroxylation is 1. The van der Waals surface area contributed by atoms with Crippen molar-refractivity contribution in [2.75, 3.05) is 6.54 Å². The topological polar surface area (TPSA) is 71.8 Å². The average molecular weight is 331 g/mol. The van der Waals surface area contributed by atoms with Crippen LogP contribution < -0.4 is 10.6 Å². The Kier molecular flexibility index (Phi) is 5.17. The van der Waals surface area contributed by atoms with Crippen molar-refractivity contribution in [3.05, 3.63) is 42.5 Å². The predicted molar refractivity (Wildman–Crippen MR) is 90.4 cm³/mol. The van der Waals surface area contributed by atoms with Crippen LogP contribution in [0.15, 0.2) is 41.6 Å². The van der Waals surface area contributed by atoms with Gasteiger partial charge in [0.25, 0.3) is 0 Å². The minimum absolute atomic E-state index is 0.112. The van der Waals surface area contributed by atoms with Crippen LogP contribution in [0.4, 0.5) is 4.79 Å². The van der Waals surface area contributed by atoms with Crippen molar-refractivity contribution in [1.29, 1.82) is 0 Å². The Labute approximate surface area is 140 Å². The number of benzene rings is 1. The molecule has 3 rings (SSSR count). The summed E-state index contributed by atoms with van der Waals surface area (Å²) in [6.07, 6.45) is 3.33. The Bertz CT molecular complexity index is 645. The number of urea groups is 1. The third kappa shape index (κ3) is 4.48. The van der Waals surface area contributed by atoms with Gasteiger partial charge < -0.3 is 10.6 Å². The summed E-state index contributed by atoms with van der Waals surface area (Å²) in [5, 5.41) is 10.5. The highest BCUT2D eigenvalue weighted by Gasteiger charge is 2.21. The molecule has 2 aromatic rings. The first-order valence-electron chi connectivity index (χ1n) is 7.83. The highest BCUT2D eigenvalue weighted by Crippen LogP contribution is 2.21. The minimum Gasteiger partial charge on any atom is -0.337 e. The molecule has 2 atom stereocenters. The molecule has 2 N–H and O–H groups in total. The smallest absolute Gasteiger partial charge is 0.315 e. The normalized spacial score (nSPS) is 18.0. The van der Waals surface area contributed by atoms with E-state index < -0.39 is 0 Å². The van der Waals surface area contributed by atoms with Crippen LogP contribution >= 0.6 is 11.8 Å². The van der Waals surface area contributed by atoms with Gasteiger partial charge in [-0.25, -0.2) is 14.5 Å². The number of carbonyl (C=O) groups is 1. The predicted octanol–water partition coefficient (Wildman–Crippen LogP) is 2.07. The van der Waals surface area contributed by atoms with Crippen LogP contribution in [0.2, 0.25) is 0 Å². The fourth-order valence-corrected chi connectivity index (χ4v) is 3.55. The van der Waals surface area contributed by atoms with Gasteiger partial charge in [-0.15, -0.1) is 11.8 Å². The van der Waals surface area contributed by atoms with Crippen LogP contribution in [0.5, 0.6) is 0 Å². The maximum atomic E-state index is 12.0. The molecule has 1 aromatic heterocycles. The Hall–Kier alpha value is -2.02. The maximum absolute atomic E-state index is 12.0. The van der Waals surface area contributed by atoms with Gasteiger partial charge in [-0.1, -0.05) is 25.1 Å². The molecule has 122 valence electrons. The summed E-state index contributed by atoms with van der Waals surface area (Å²) >= 11 is 1.76. The van der Waals surface area contributed by atoms with E-state index in [1.165, 1.54) is 4.90 Å². The zero-order valence-corrected chi connectivity index (χ0v) is 13.9. The Morgan fingerprint density at radius 1 is 1.43 bits per heavy atom. The zero-order valence-electron chi connectivity index (χ0n) is 13.1. The summed E-state index contributed by atoms with van der Waals surface area (Å²) in [5.74, 6) is 0.997. The number of aromatic nitrogens is 3. The van der Waals surface area contributed by atoms with E-state index in [-0.39, 0.29) is 12.1 Å². The third-order valence-corrected chi connectivity index (χ3v) is 4.88. The molecule has 1 aromatic carbocycles. The third-order valence-electron chi connectivity index (χ3n) is 3.77. The van der Waals surface area contributed by atoms with Crippen molar-refractivity contribution < 1.29 is 4.79 Å². The lowest BCUT2D eigenvalue weighted by molar-refractivity contribution is 0.232. The van der Waals surface area contributed by atoms with Crippen molar-refractivity contribution >= 4 is 17.8 Å². The summed E-state index contributed by atoms with van der Waals surface area (Å²) in [7, 11) is 0. The molecule has 0 aliphatic carbocycles. The van der Waals surface area contributed by atoms with Gasteiger partial charge in [0.1, 0.15) is 12.2 Å². The molecule has 0 fully saturated rings. The summed E-state index contributed by atoms with van der Waals surface area (Å²) in [6, 6.07) is 10.2. The van der Waals surface area contributed by atoms with Crippen LogP contribution in [0.25, 0.3) is 0 Å². The van der Waals surface area contributed by atoms with Crippen molar-refractivity contribution in [3.63, 3.8) is 0 Å². The quantitative estimate of drug-likeness (QED) is 0.823. The standard InChI is InChI=1S/C16H21N5OS/c1-12(23-14-5-3-2-4-6-14)9-17-16(22)20-13-7-8-15-18-11-19-21(15)10-13/h2-6,11-13H,7-10H2,1H3,(H2,17,20,22)/t12-,13+/m0/s1. The van der Waals surface area contributed by atoms with Crippen LogP contribution in [0.3, 0.4) is 0 Å². The Balaban J connectivity index is 1.40. The molecule has 2 heterocycles. The van der Waals surface area contributed by atoms with Crippen LogP contribution in [-0.4, -0.2) is 38.6 Å². The average Bonchev–Trinajstić information content (AvgIpc) is 3.01. The van der Waals surface area contributed by atoms with E-state index in [1.54, 1.807) is 18.1 Å². The summed E-state index contributed by atoms with van der Waals surface area (Å²) < 4.78 is 1.86. The second kappa shape index (κ2) is 7.50. The van der Waals surface area contributed by atoms with Crippen molar-refractivity contribution in [3.8, 4) is 0 Å². The van der Waals surface area contributed by atoms with Crippen LogP contribution in [0.1, 0.15) is 19.2 Å². The number of amides is 2. The Morgan fingerprint density at radius 3 is 3.09 bits per heavy atom. The van der Waals surface area contributed by atoms with Crippen molar-refractivity contribution in [1.82, 2.24) is 25.4 Å². The van der Waals surface area contributed by atoms with E-state index in [2.05, 4.69) is 39.8 Å². The van der Waals surface area contributed by atoms with Crippen molar-refractivity contribution in [2.45, 2.75) is 42.5 Å². The van der Waals surface area contributed by atoms with Crippen LogP contribution in [-0.2, 0) is 13.0 Å². The van der Waals surface area contributed by atoms with E-state index in [0.29, 0.717) is 18.3 Å². The first-order chi connectivity index (χ1) is 11.2. The van der Waals surface area contributed by atoms with Gasteiger partial charge in [-0.3, -0.25) is 0 Å². The number of nitrogens with one attached hydrogen (secondary N) is 2. The second-order valence-electron chi connectivity index (χ2n) is 5.69. The number of fused-ring (bicyclic) bond motifs is 1. The zero-order chi connectivity index (χ0) is 16.1. The van der Waals surface area contributed by atoms with Gasteiger partial charge in [-0.05, 0) is 18.6 Å². The molecule has 2 amide bonds. The summed E-state index contributed by atoms with van der Waals surface area (Å²) in [4.78, 5) is 17.4. The summed E-state index contributed by atoms with van der Waals surface area (Å²) in [6.45, 7) is 3.43. The molecule has 1 aliphatic rings. The van der Waals surface area contributed by atoms with E-state index in [0.717, 1.165) is 18.7 Å². The van der Waals surface area contributed by atoms with Gasteiger partial charge in [0.2, 0.25) is 0 Å². The molecule has 0 radical (unpaired) electrons. The van der Waals surface area contributed by atoms with Crippen LogP contribution in [0, 0.1) is 0 Å². The summed E-state index contributed by atoms with van der Waals surface area (Å²) in [5.41, 5.74) is 0. The number of thioether (sulfide) groups is 1. The number of hydrogen-bond donors (Lipinski definition) is 2. The fraction of sp³-hybridized carbons (Fsp3) is 0.438. The first-order valence-corrected chi connectivity index (χ1v) is 8.71. The molecule has 0 spiro atoms. The molecule has 7 heteroatoms. The lowest BCUT2D eigenvalue weighted by Gasteiger charge is -2.24. The number of carbonyl (C=O) groups excluding carboxylic acids is 1. The number of nitrogens with zero attached hydrogens (tertiary/aromatic N) is 3. The minimum atomic E-state index is -0.112. The van der Waals surface area contributed by atoms with Gasteiger partial charge >= 0.3 is 6.03 Å². The monoisotopic (exact) mass is 331 g/mol. The van der Waals surface area contributed by atoms with E-state index >= 15 is 0 Å². The van der Waals surface area contributed by atoms with E-state index in [4.69, 9.17) is 0 Å². The molecular weight excluding hydrogens is 310 g/mol. The molecule has 23 heavy (non-hydrogen) atoms. The second-order valence-corrected chi connectivity index (χ2v) is 7.20. The fourth-order valence-electron chi connectivity index (χ4n) is 2.60. The maximum Gasteiger partial charge on any atom is 0.315 e. The van der Waals surface area contributed by atoms with E-state index in [9.17, 15) is 4.79 Å². The van der Waals surface area contributed by atoms with Gasteiger partial charge in [0, 0.05) is 23.1 Å². The lowest BCUT2D eigenvalue weighted by Crippen LogP contribution is -2.47. The van der Waals surface area contributed by atoms with Gasteiger partial charge in [0.15, 0.2) is 0 Å². The largest absolute Gasteiger partial charge is 0.337 e. The highest BCUT2D eigenvalue weighted by atomic mass is 32.2.